The fraction of sp³-hybridized carbons (Fsp3) is 0.800. The Morgan fingerprint density at radius 2 is 2.00 bits per heavy atom. The van der Waals surface area contributed by atoms with Crippen molar-refractivity contribution in [2.24, 2.45) is 0 Å². The Morgan fingerprint density at radius 1 is 1.38 bits per heavy atom. The van der Waals surface area contributed by atoms with Crippen molar-refractivity contribution in [1.82, 2.24) is 4.90 Å². The molecule has 2 unspecified atom stereocenters. The topological polar surface area (TPSA) is 12.5 Å². The summed E-state index contributed by atoms with van der Waals surface area (Å²) in [6, 6.07) is 0. The Kier molecular flexibility index (Phi) is 4.44. The predicted octanol–water partition coefficient (Wildman–Crippen LogP) is 2.43. The van der Waals surface area contributed by atoms with Crippen LogP contribution in [0.15, 0.2) is 12.1 Å². The maximum absolute atomic E-state index is 12.4. The molecule has 0 aromatic carbocycles. The van der Waals surface area contributed by atoms with Crippen LogP contribution in [-0.2, 0) is 4.74 Å². The standard InChI is InChI=1S/C10H18BF3NO/c1-8(11(12,13)14)6-15-5-4-9(2)16-10(3)7-15/h9-10H,1,4-7H2,2-3H3/q-1. The Morgan fingerprint density at radius 3 is 2.56 bits per heavy atom. The van der Waals surface area contributed by atoms with E-state index in [0.717, 1.165) is 6.42 Å². The highest BCUT2D eigenvalue weighted by atomic mass is 19.4. The zero-order chi connectivity index (χ0) is 12.3. The van der Waals surface area contributed by atoms with Gasteiger partial charge in [0.15, 0.2) is 0 Å². The predicted molar refractivity (Wildman–Crippen MR) is 59.3 cm³/mol. The van der Waals surface area contributed by atoms with Crippen molar-refractivity contribution in [1.29, 1.82) is 0 Å². The van der Waals surface area contributed by atoms with Gasteiger partial charge in [0.25, 0.3) is 0 Å². The minimum atomic E-state index is -4.91. The van der Waals surface area contributed by atoms with E-state index in [-0.39, 0.29) is 18.8 Å². The van der Waals surface area contributed by atoms with Gasteiger partial charge in [0.2, 0.25) is 0 Å². The van der Waals surface area contributed by atoms with Crippen molar-refractivity contribution in [3.8, 4) is 0 Å². The first-order valence-corrected chi connectivity index (χ1v) is 5.54. The molecule has 0 aromatic rings. The summed E-state index contributed by atoms with van der Waals surface area (Å²) in [5.41, 5.74) is -0.623. The van der Waals surface area contributed by atoms with Crippen LogP contribution in [0.2, 0.25) is 0 Å². The molecule has 1 aliphatic heterocycles. The van der Waals surface area contributed by atoms with Crippen LogP contribution in [0.4, 0.5) is 12.9 Å². The molecule has 0 amide bonds. The lowest BCUT2D eigenvalue weighted by Gasteiger charge is -2.27. The highest BCUT2D eigenvalue weighted by molar-refractivity contribution is 6.66. The first-order chi connectivity index (χ1) is 7.29. The molecule has 0 aromatic heterocycles. The normalized spacial score (nSPS) is 28.8. The average molecular weight is 236 g/mol. The SMILES string of the molecule is C=C(CN1CCC(C)OC(C)C1)[B-](F)(F)F. The molecule has 1 fully saturated rings. The first kappa shape index (κ1) is 13.6. The zero-order valence-electron chi connectivity index (χ0n) is 9.76. The summed E-state index contributed by atoms with van der Waals surface area (Å²) >= 11 is 0. The van der Waals surface area contributed by atoms with Crippen LogP contribution < -0.4 is 0 Å². The van der Waals surface area contributed by atoms with Gasteiger partial charge >= 0.3 is 6.98 Å². The lowest BCUT2D eigenvalue weighted by molar-refractivity contribution is 0.0147. The summed E-state index contributed by atoms with van der Waals surface area (Å²) in [5, 5.41) is 0. The largest absolute Gasteiger partial charge is 0.506 e. The maximum atomic E-state index is 12.4. The van der Waals surface area contributed by atoms with Crippen molar-refractivity contribution in [3.63, 3.8) is 0 Å². The van der Waals surface area contributed by atoms with E-state index >= 15 is 0 Å². The highest BCUT2D eigenvalue weighted by Crippen LogP contribution is 2.20. The minimum Gasteiger partial charge on any atom is -0.445 e. The summed E-state index contributed by atoms with van der Waals surface area (Å²) in [5.74, 6) is 0. The Bertz CT molecular complexity index is 257. The van der Waals surface area contributed by atoms with Crippen molar-refractivity contribution in [3.05, 3.63) is 12.1 Å². The second-order valence-corrected chi connectivity index (χ2v) is 4.51. The molecule has 2 nitrogen and oxygen atoms in total. The van der Waals surface area contributed by atoms with Gasteiger partial charge in [-0.05, 0) is 26.8 Å². The quantitative estimate of drug-likeness (QED) is 0.697. The van der Waals surface area contributed by atoms with E-state index in [0.29, 0.717) is 13.1 Å². The molecule has 0 spiro atoms. The monoisotopic (exact) mass is 236 g/mol. The molecule has 2 atom stereocenters. The van der Waals surface area contributed by atoms with Crippen LogP contribution in [0.3, 0.4) is 0 Å². The van der Waals surface area contributed by atoms with Gasteiger partial charge in [0.05, 0.1) is 12.2 Å². The number of halogens is 3. The smallest absolute Gasteiger partial charge is 0.445 e. The van der Waals surface area contributed by atoms with E-state index in [2.05, 4.69) is 6.58 Å². The van der Waals surface area contributed by atoms with E-state index in [1.807, 2.05) is 13.8 Å². The van der Waals surface area contributed by atoms with Crippen molar-refractivity contribution < 1.29 is 17.7 Å². The van der Waals surface area contributed by atoms with Crippen LogP contribution in [-0.4, -0.2) is 43.7 Å². The molecule has 0 saturated carbocycles. The van der Waals surface area contributed by atoms with Gasteiger partial charge in [-0.1, -0.05) is 0 Å². The molecule has 6 heteroatoms. The third-order valence-electron chi connectivity index (χ3n) is 2.72. The average Bonchev–Trinajstić information content (AvgIpc) is 2.25. The molecule has 1 saturated heterocycles. The van der Waals surface area contributed by atoms with Crippen LogP contribution in [0.1, 0.15) is 20.3 Å². The fourth-order valence-corrected chi connectivity index (χ4v) is 1.86. The van der Waals surface area contributed by atoms with E-state index in [9.17, 15) is 12.9 Å². The summed E-state index contributed by atoms with van der Waals surface area (Å²) in [6.45, 7) is 3.11. The van der Waals surface area contributed by atoms with Gasteiger partial charge in [-0.3, -0.25) is 4.90 Å². The highest BCUT2D eigenvalue weighted by Gasteiger charge is 2.29. The van der Waals surface area contributed by atoms with Gasteiger partial charge in [-0.2, -0.15) is 0 Å². The molecule has 0 N–H and O–H groups in total. The Balaban J connectivity index is 2.51. The van der Waals surface area contributed by atoms with Gasteiger partial charge in [-0.25, -0.2) is 0 Å². The number of rotatable bonds is 3. The molecule has 0 radical (unpaired) electrons. The van der Waals surface area contributed by atoms with Crippen LogP contribution >= 0.6 is 0 Å². The third-order valence-corrected chi connectivity index (χ3v) is 2.72. The molecule has 16 heavy (non-hydrogen) atoms. The summed E-state index contributed by atoms with van der Waals surface area (Å²) in [4.78, 5) is 1.77. The molecule has 94 valence electrons. The molecule has 0 aliphatic carbocycles. The van der Waals surface area contributed by atoms with Gasteiger partial charge < -0.3 is 17.7 Å². The minimum absolute atomic E-state index is 0.0222. The Hall–Kier alpha value is -0.485. The van der Waals surface area contributed by atoms with Crippen molar-refractivity contribution in [2.45, 2.75) is 32.5 Å². The van der Waals surface area contributed by atoms with E-state index in [1.165, 1.54) is 0 Å². The second-order valence-electron chi connectivity index (χ2n) is 4.51. The summed E-state index contributed by atoms with van der Waals surface area (Å²) in [7, 11) is 0. The third kappa shape index (κ3) is 4.18. The van der Waals surface area contributed by atoms with Crippen LogP contribution in [0, 0.1) is 0 Å². The van der Waals surface area contributed by atoms with Crippen LogP contribution in [0.25, 0.3) is 0 Å². The zero-order valence-corrected chi connectivity index (χ0v) is 9.76. The molecule has 1 rings (SSSR count). The van der Waals surface area contributed by atoms with Gasteiger partial charge in [0, 0.05) is 13.1 Å². The second kappa shape index (κ2) is 5.23. The molecule has 0 bridgehead atoms. The number of ether oxygens (including phenoxy) is 1. The fourth-order valence-electron chi connectivity index (χ4n) is 1.86. The van der Waals surface area contributed by atoms with Crippen molar-refractivity contribution in [2.75, 3.05) is 19.6 Å². The molecular formula is C10H18BF3NO-. The maximum Gasteiger partial charge on any atom is 0.506 e. The molecule has 1 aliphatic rings. The Labute approximate surface area is 94.5 Å². The number of nitrogens with zero attached hydrogens (tertiary/aromatic N) is 1. The van der Waals surface area contributed by atoms with Gasteiger partial charge in [0.1, 0.15) is 0 Å². The lowest BCUT2D eigenvalue weighted by atomic mass is 9.80. The van der Waals surface area contributed by atoms with E-state index in [4.69, 9.17) is 4.74 Å². The summed E-state index contributed by atoms with van der Waals surface area (Å²) in [6.07, 6.45) is 0.860. The van der Waals surface area contributed by atoms with E-state index < -0.39 is 12.4 Å². The first-order valence-electron chi connectivity index (χ1n) is 5.54. The van der Waals surface area contributed by atoms with E-state index in [1.54, 1.807) is 4.90 Å². The lowest BCUT2D eigenvalue weighted by Crippen LogP contribution is -2.36. The van der Waals surface area contributed by atoms with Crippen molar-refractivity contribution >= 4 is 6.98 Å². The molecule has 1 heterocycles. The summed E-state index contributed by atoms with van der Waals surface area (Å²) < 4.78 is 42.7. The van der Waals surface area contributed by atoms with Crippen LogP contribution in [0.5, 0.6) is 0 Å². The number of hydrogen-bond donors (Lipinski definition) is 0. The molecular weight excluding hydrogens is 218 g/mol. The number of hydrogen-bond acceptors (Lipinski definition) is 2. The van der Waals surface area contributed by atoms with Gasteiger partial charge in [-0.15, -0.1) is 12.1 Å².